The Balaban J connectivity index is 0.000000396. The van der Waals surface area contributed by atoms with E-state index in [1.54, 1.807) is 11.1 Å². The van der Waals surface area contributed by atoms with E-state index in [-0.39, 0.29) is 0 Å². The van der Waals surface area contributed by atoms with Crippen molar-refractivity contribution in [1.29, 1.82) is 0 Å². The number of fused-ring (bicyclic) bond motifs is 1. The first-order valence-electron chi connectivity index (χ1n) is 5.43. The van der Waals surface area contributed by atoms with Crippen LogP contribution in [-0.4, -0.2) is 25.0 Å². The van der Waals surface area contributed by atoms with E-state index in [0.29, 0.717) is 0 Å². The molecule has 1 heteroatoms. The van der Waals surface area contributed by atoms with E-state index in [2.05, 4.69) is 24.1 Å². The smallest absolute Gasteiger partial charge is 0.0230 e. The highest BCUT2D eigenvalue weighted by Gasteiger charge is 2.16. The fourth-order valence-corrected chi connectivity index (χ4v) is 1.89. The normalized spacial score (nSPS) is 22.1. The van der Waals surface area contributed by atoms with E-state index in [0.717, 1.165) is 0 Å². The monoisotopic (exact) mass is 179 g/mol. The highest BCUT2D eigenvalue weighted by molar-refractivity contribution is 5.36. The zero-order valence-corrected chi connectivity index (χ0v) is 9.14. The van der Waals surface area contributed by atoms with Gasteiger partial charge in [-0.2, -0.15) is 0 Å². The third-order valence-electron chi connectivity index (χ3n) is 2.56. The molecule has 1 heterocycles. The third kappa shape index (κ3) is 2.70. The SMILES string of the molecule is CC.CN1CCC2=CCCC=C2C1. The van der Waals surface area contributed by atoms with Gasteiger partial charge in [0.15, 0.2) is 0 Å². The summed E-state index contributed by atoms with van der Waals surface area (Å²) in [5, 5.41) is 0. The molecular weight excluding hydrogens is 158 g/mol. The zero-order valence-electron chi connectivity index (χ0n) is 9.14. The number of likely N-dealkylation sites (N-methyl/N-ethyl adjacent to an activating group) is 1. The van der Waals surface area contributed by atoms with Crippen LogP contribution in [0.5, 0.6) is 0 Å². The first kappa shape index (κ1) is 10.5. The molecule has 1 nitrogen and oxygen atoms in total. The number of likely N-dealkylation sites (tertiary alicyclic amines) is 1. The topological polar surface area (TPSA) is 3.24 Å². The number of nitrogens with zero attached hydrogens (tertiary/aromatic N) is 1. The maximum absolute atomic E-state index is 2.42. The minimum atomic E-state index is 1.17. The molecule has 0 unspecified atom stereocenters. The Kier molecular flexibility index (Phi) is 4.23. The lowest BCUT2D eigenvalue weighted by Crippen LogP contribution is -2.29. The quantitative estimate of drug-likeness (QED) is 0.552. The summed E-state index contributed by atoms with van der Waals surface area (Å²) in [5.41, 5.74) is 3.21. The molecule has 0 atom stereocenters. The second kappa shape index (κ2) is 5.23. The van der Waals surface area contributed by atoms with Crippen LogP contribution in [-0.2, 0) is 0 Å². The highest BCUT2D eigenvalue weighted by atomic mass is 15.1. The van der Waals surface area contributed by atoms with Gasteiger partial charge in [-0.05, 0) is 37.5 Å². The lowest BCUT2D eigenvalue weighted by atomic mass is 9.92. The Labute approximate surface area is 82.1 Å². The third-order valence-corrected chi connectivity index (χ3v) is 2.56. The summed E-state index contributed by atoms with van der Waals surface area (Å²) >= 11 is 0. The first-order chi connectivity index (χ1) is 6.36. The Morgan fingerprint density at radius 2 is 1.69 bits per heavy atom. The average molecular weight is 179 g/mol. The molecule has 1 aliphatic carbocycles. The van der Waals surface area contributed by atoms with Crippen LogP contribution in [0.25, 0.3) is 0 Å². The minimum Gasteiger partial charge on any atom is -0.302 e. The van der Waals surface area contributed by atoms with Crippen molar-refractivity contribution in [3.63, 3.8) is 0 Å². The Bertz CT molecular complexity index is 213. The summed E-state index contributed by atoms with van der Waals surface area (Å²) in [5.74, 6) is 0. The van der Waals surface area contributed by atoms with E-state index >= 15 is 0 Å². The van der Waals surface area contributed by atoms with Crippen LogP contribution < -0.4 is 0 Å². The van der Waals surface area contributed by atoms with Crippen molar-refractivity contribution in [2.24, 2.45) is 0 Å². The fraction of sp³-hybridized carbons (Fsp3) is 0.667. The molecule has 1 aliphatic heterocycles. The van der Waals surface area contributed by atoms with E-state index in [1.807, 2.05) is 13.8 Å². The van der Waals surface area contributed by atoms with Gasteiger partial charge in [0, 0.05) is 13.1 Å². The van der Waals surface area contributed by atoms with Gasteiger partial charge >= 0.3 is 0 Å². The molecule has 13 heavy (non-hydrogen) atoms. The predicted molar refractivity (Wildman–Crippen MR) is 58.9 cm³/mol. The molecule has 0 radical (unpaired) electrons. The van der Waals surface area contributed by atoms with Crippen molar-refractivity contribution in [3.05, 3.63) is 23.3 Å². The van der Waals surface area contributed by atoms with Crippen molar-refractivity contribution in [3.8, 4) is 0 Å². The first-order valence-corrected chi connectivity index (χ1v) is 5.43. The molecule has 74 valence electrons. The molecule has 0 aromatic heterocycles. The zero-order chi connectivity index (χ0) is 9.68. The second-order valence-corrected chi connectivity index (χ2v) is 3.52. The van der Waals surface area contributed by atoms with Gasteiger partial charge in [0.1, 0.15) is 0 Å². The molecule has 0 bridgehead atoms. The largest absolute Gasteiger partial charge is 0.302 e. The molecule has 0 saturated carbocycles. The van der Waals surface area contributed by atoms with Crippen molar-refractivity contribution in [1.82, 2.24) is 4.90 Å². The summed E-state index contributed by atoms with van der Waals surface area (Å²) in [4.78, 5) is 2.40. The lowest BCUT2D eigenvalue weighted by molar-refractivity contribution is 0.346. The van der Waals surface area contributed by atoms with Crippen LogP contribution in [0, 0.1) is 0 Å². The van der Waals surface area contributed by atoms with Crippen LogP contribution in [0.1, 0.15) is 33.1 Å². The molecule has 1 fully saturated rings. The van der Waals surface area contributed by atoms with Gasteiger partial charge in [0.05, 0.1) is 0 Å². The summed E-state index contributed by atoms with van der Waals surface area (Å²) in [6.07, 6.45) is 8.62. The molecular formula is C12H21N. The van der Waals surface area contributed by atoms with Crippen LogP contribution in [0.3, 0.4) is 0 Å². The minimum absolute atomic E-state index is 1.17. The standard InChI is InChI=1S/C10H15N.C2H6/c1-11-7-6-9-4-2-3-5-10(9)8-11;1-2/h4-5H,2-3,6-8H2,1H3;1-2H3. The predicted octanol–water partition coefficient (Wildman–Crippen LogP) is 2.99. The molecule has 1 saturated heterocycles. The van der Waals surface area contributed by atoms with Gasteiger partial charge in [-0.25, -0.2) is 0 Å². The van der Waals surface area contributed by atoms with Crippen LogP contribution in [0.4, 0.5) is 0 Å². The molecule has 0 aromatic carbocycles. The van der Waals surface area contributed by atoms with Crippen molar-refractivity contribution >= 4 is 0 Å². The van der Waals surface area contributed by atoms with Crippen molar-refractivity contribution in [2.45, 2.75) is 33.1 Å². The molecule has 2 rings (SSSR count). The van der Waals surface area contributed by atoms with Gasteiger partial charge in [-0.15, -0.1) is 0 Å². The number of rotatable bonds is 0. The van der Waals surface area contributed by atoms with Crippen LogP contribution in [0.2, 0.25) is 0 Å². The van der Waals surface area contributed by atoms with Crippen molar-refractivity contribution in [2.75, 3.05) is 20.1 Å². The van der Waals surface area contributed by atoms with Gasteiger partial charge in [0.2, 0.25) is 0 Å². The number of allylic oxidation sites excluding steroid dienone is 2. The van der Waals surface area contributed by atoms with Gasteiger partial charge < -0.3 is 4.90 Å². The molecule has 2 aliphatic rings. The van der Waals surface area contributed by atoms with Gasteiger partial charge in [-0.3, -0.25) is 0 Å². The maximum Gasteiger partial charge on any atom is 0.0230 e. The summed E-state index contributed by atoms with van der Waals surface area (Å²) in [6, 6.07) is 0. The molecule has 0 spiro atoms. The number of hydrogen-bond acceptors (Lipinski definition) is 1. The van der Waals surface area contributed by atoms with Crippen molar-refractivity contribution < 1.29 is 0 Å². The Morgan fingerprint density at radius 3 is 2.38 bits per heavy atom. The van der Waals surface area contributed by atoms with E-state index in [1.165, 1.54) is 32.4 Å². The molecule has 0 N–H and O–H groups in total. The Hall–Kier alpha value is -0.560. The number of hydrogen-bond donors (Lipinski definition) is 0. The maximum atomic E-state index is 2.42. The van der Waals surface area contributed by atoms with E-state index < -0.39 is 0 Å². The average Bonchev–Trinajstić information content (AvgIpc) is 2.21. The van der Waals surface area contributed by atoms with E-state index in [4.69, 9.17) is 0 Å². The van der Waals surface area contributed by atoms with Crippen LogP contribution in [0.15, 0.2) is 23.3 Å². The number of piperidine rings is 1. The van der Waals surface area contributed by atoms with Gasteiger partial charge in [0.25, 0.3) is 0 Å². The molecule has 0 amide bonds. The Morgan fingerprint density at radius 1 is 1.08 bits per heavy atom. The second-order valence-electron chi connectivity index (χ2n) is 3.52. The van der Waals surface area contributed by atoms with Crippen LogP contribution >= 0.6 is 0 Å². The van der Waals surface area contributed by atoms with Gasteiger partial charge in [-0.1, -0.05) is 26.0 Å². The summed E-state index contributed by atoms with van der Waals surface area (Å²) in [6.45, 7) is 6.41. The van der Waals surface area contributed by atoms with E-state index in [9.17, 15) is 0 Å². The fourth-order valence-electron chi connectivity index (χ4n) is 1.89. The molecule has 0 aromatic rings. The lowest BCUT2D eigenvalue weighted by Gasteiger charge is -2.28. The highest BCUT2D eigenvalue weighted by Crippen LogP contribution is 2.25. The summed E-state index contributed by atoms with van der Waals surface area (Å²) < 4.78 is 0. The summed E-state index contributed by atoms with van der Waals surface area (Å²) in [7, 11) is 2.20.